The standard InChI is InChI=1S/C12H18BrN3/c1-9-7-16(8-12(9)15(2)3)11-4-10(13)5-14-6-11/h4-6,9,12H,7-8H2,1-3H3. The minimum Gasteiger partial charge on any atom is -0.368 e. The third-order valence-corrected chi connectivity index (χ3v) is 3.73. The smallest absolute Gasteiger partial charge is 0.0564 e. The average Bonchev–Trinajstić information content (AvgIpc) is 2.60. The highest BCUT2D eigenvalue weighted by Crippen LogP contribution is 2.26. The molecule has 0 saturated carbocycles. The van der Waals surface area contributed by atoms with Crippen molar-refractivity contribution in [3.63, 3.8) is 0 Å². The molecular formula is C12H18BrN3. The molecular weight excluding hydrogens is 266 g/mol. The molecule has 1 aliphatic heterocycles. The molecule has 0 spiro atoms. The Kier molecular flexibility index (Phi) is 3.50. The molecule has 2 heterocycles. The predicted octanol–water partition coefficient (Wildman–Crippen LogP) is 2.23. The van der Waals surface area contributed by atoms with Crippen LogP contribution >= 0.6 is 15.9 Å². The van der Waals surface area contributed by atoms with Gasteiger partial charge in [-0.05, 0) is 42.0 Å². The minimum absolute atomic E-state index is 0.638. The Bertz CT molecular complexity index is 367. The third-order valence-electron chi connectivity index (χ3n) is 3.29. The van der Waals surface area contributed by atoms with E-state index >= 15 is 0 Å². The Morgan fingerprint density at radius 3 is 2.69 bits per heavy atom. The Morgan fingerprint density at radius 2 is 2.12 bits per heavy atom. The van der Waals surface area contributed by atoms with Gasteiger partial charge < -0.3 is 9.80 Å². The van der Waals surface area contributed by atoms with Crippen LogP contribution in [0.2, 0.25) is 0 Å². The first-order valence-corrected chi connectivity index (χ1v) is 6.39. The molecule has 0 bridgehead atoms. The van der Waals surface area contributed by atoms with Gasteiger partial charge in [-0.3, -0.25) is 4.98 Å². The lowest BCUT2D eigenvalue weighted by Gasteiger charge is -2.22. The van der Waals surface area contributed by atoms with E-state index < -0.39 is 0 Å². The van der Waals surface area contributed by atoms with Crippen molar-refractivity contribution in [3.8, 4) is 0 Å². The maximum atomic E-state index is 4.22. The van der Waals surface area contributed by atoms with Crippen LogP contribution in [0.15, 0.2) is 22.9 Å². The van der Waals surface area contributed by atoms with Crippen molar-refractivity contribution in [2.24, 2.45) is 5.92 Å². The maximum Gasteiger partial charge on any atom is 0.0564 e. The molecule has 0 aromatic carbocycles. The lowest BCUT2D eigenvalue weighted by atomic mass is 10.1. The van der Waals surface area contributed by atoms with E-state index in [9.17, 15) is 0 Å². The van der Waals surface area contributed by atoms with Crippen LogP contribution in [0.25, 0.3) is 0 Å². The number of likely N-dealkylation sites (N-methyl/N-ethyl adjacent to an activating group) is 1. The van der Waals surface area contributed by atoms with E-state index in [0.29, 0.717) is 12.0 Å². The zero-order valence-electron chi connectivity index (χ0n) is 10.0. The SMILES string of the molecule is CC1CN(c2cncc(Br)c2)CC1N(C)C. The van der Waals surface area contributed by atoms with Crippen LogP contribution < -0.4 is 4.90 Å². The Balaban J connectivity index is 2.13. The normalized spacial score (nSPS) is 25.4. The molecule has 4 heteroatoms. The summed E-state index contributed by atoms with van der Waals surface area (Å²) in [4.78, 5) is 8.95. The molecule has 1 aromatic rings. The molecule has 0 aliphatic carbocycles. The first-order valence-electron chi connectivity index (χ1n) is 5.60. The highest BCUT2D eigenvalue weighted by atomic mass is 79.9. The molecule has 16 heavy (non-hydrogen) atoms. The second kappa shape index (κ2) is 4.72. The van der Waals surface area contributed by atoms with Crippen molar-refractivity contribution < 1.29 is 0 Å². The van der Waals surface area contributed by atoms with Gasteiger partial charge in [-0.2, -0.15) is 0 Å². The van der Waals surface area contributed by atoms with E-state index in [1.807, 2.05) is 12.4 Å². The molecule has 1 saturated heterocycles. The van der Waals surface area contributed by atoms with E-state index in [1.54, 1.807) is 0 Å². The van der Waals surface area contributed by atoms with Crippen molar-refractivity contribution in [1.29, 1.82) is 0 Å². The quantitative estimate of drug-likeness (QED) is 0.830. The molecule has 2 atom stereocenters. The van der Waals surface area contributed by atoms with Crippen molar-refractivity contribution >= 4 is 21.6 Å². The van der Waals surface area contributed by atoms with Gasteiger partial charge in [0.15, 0.2) is 0 Å². The van der Waals surface area contributed by atoms with Crippen LogP contribution in [0.1, 0.15) is 6.92 Å². The lowest BCUT2D eigenvalue weighted by molar-refractivity contribution is 0.266. The largest absolute Gasteiger partial charge is 0.368 e. The third kappa shape index (κ3) is 2.38. The molecule has 0 radical (unpaired) electrons. The summed E-state index contributed by atoms with van der Waals surface area (Å²) < 4.78 is 1.05. The van der Waals surface area contributed by atoms with Crippen LogP contribution in [0.3, 0.4) is 0 Å². The Hall–Kier alpha value is -0.610. The zero-order valence-corrected chi connectivity index (χ0v) is 11.6. The number of pyridine rings is 1. The molecule has 1 aromatic heterocycles. The van der Waals surface area contributed by atoms with E-state index in [1.165, 1.54) is 5.69 Å². The summed E-state index contributed by atoms with van der Waals surface area (Å²) in [5.74, 6) is 0.703. The fourth-order valence-corrected chi connectivity index (χ4v) is 2.76. The summed E-state index contributed by atoms with van der Waals surface area (Å²) in [6.45, 7) is 4.52. The van der Waals surface area contributed by atoms with Gasteiger partial charge in [0.05, 0.1) is 11.9 Å². The van der Waals surface area contributed by atoms with E-state index in [2.05, 4.69) is 57.8 Å². The molecule has 2 unspecified atom stereocenters. The first-order chi connectivity index (χ1) is 7.58. The maximum absolute atomic E-state index is 4.22. The number of aromatic nitrogens is 1. The number of hydrogen-bond donors (Lipinski definition) is 0. The van der Waals surface area contributed by atoms with E-state index in [4.69, 9.17) is 0 Å². The van der Waals surface area contributed by atoms with E-state index in [0.717, 1.165) is 17.6 Å². The molecule has 2 rings (SSSR count). The van der Waals surface area contributed by atoms with Crippen LogP contribution in [0.5, 0.6) is 0 Å². The number of nitrogens with zero attached hydrogens (tertiary/aromatic N) is 3. The van der Waals surface area contributed by atoms with Crippen molar-refractivity contribution in [1.82, 2.24) is 9.88 Å². The molecule has 88 valence electrons. The molecule has 1 aliphatic rings. The molecule has 0 amide bonds. The monoisotopic (exact) mass is 283 g/mol. The van der Waals surface area contributed by atoms with Crippen LogP contribution in [0, 0.1) is 5.92 Å². The second-order valence-electron chi connectivity index (χ2n) is 4.77. The number of hydrogen-bond acceptors (Lipinski definition) is 3. The average molecular weight is 284 g/mol. The summed E-state index contributed by atoms with van der Waals surface area (Å²) in [6.07, 6.45) is 3.77. The highest BCUT2D eigenvalue weighted by molar-refractivity contribution is 9.10. The van der Waals surface area contributed by atoms with Gasteiger partial charge in [-0.15, -0.1) is 0 Å². The summed E-state index contributed by atoms with van der Waals surface area (Å²) >= 11 is 3.47. The van der Waals surface area contributed by atoms with Gasteiger partial charge in [0.1, 0.15) is 0 Å². The lowest BCUT2D eigenvalue weighted by Crippen LogP contribution is -2.34. The summed E-state index contributed by atoms with van der Waals surface area (Å²) in [5.41, 5.74) is 1.21. The summed E-state index contributed by atoms with van der Waals surface area (Å²) in [7, 11) is 4.31. The van der Waals surface area contributed by atoms with Gasteiger partial charge in [0.25, 0.3) is 0 Å². The number of anilines is 1. The number of rotatable bonds is 2. The fourth-order valence-electron chi connectivity index (χ4n) is 2.41. The van der Waals surface area contributed by atoms with Crippen LogP contribution in [0.4, 0.5) is 5.69 Å². The van der Waals surface area contributed by atoms with Crippen molar-refractivity contribution in [2.75, 3.05) is 32.1 Å². The zero-order chi connectivity index (χ0) is 11.7. The van der Waals surface area contributed by atoms with E-state index in [-0.39, 0.29) is 0 Å². The Labute approximate surface area is 106 Å². The topological polar surface area (TPSA) is 19.4 Å². The number of halogens is 1. The fraction of sp³-hybridized carbons (Fsp3) is 0.583. The predicted molar refractivity (Wildman–Crippen MR) is 70.8 cm³/mol. The minimum atomic E-state index is 0.638. The summed E-state index contributed by atoms with van der Waals surface area (Å²) in [5, 5.41) is 0. The highest BCUT2D eigenvalue weighted by Gasteiger charge is 2.31. The Morgan fingerprint density at radius 1 is 1.38 bits per heavy atom. The van der Waals surface area contributed by atoms with Crippen molar-refractivity contribution in [3.05, 3.63) is 22.9 Å². The van der Waals surface area contributed by atoms with Gasteiger partial charge in [-0.25, -0.2) is 0 Å². The van der Waals surface area contributed by atoms with Gasteiger partial charge in [0, 0.05) is 29.8 Å². The van der Waals surface area contributed by atoms with Crippen LogP contribution in [-0.2, 0) is 0 Å². The summed E-state index contributed by atoms with van der Waals surface area (Å²) in [6, 6.07) is 2.77. The van der Waals surface area contributed by atoms with Gasteiger partial charge in [0.2, 0.25) is 0 Å². The van der Waals surface area contributed by atoms with Gasteiger partial charge >= 0.3 is 0 Å². The first kappa shape index (κ1) is 11.9. The second-order valence-corrected chi connectivity index (χ2v) is 5.69. The molecule has 0 N–H and O–H groups in total. The molecule has 3 nitrogen and oxygen atoms in total. The molecule has 1 fully saturated rings. The van der Waals surface area contributed by atoms with Crippen molar-refractivity contribution in [2.45, 2.75) is 13.0 Å². The van der Waals surface area contributed by atoms with Gasteiger partial charge in [-0.1, -0.05) is 6.92 Å². The van der Waals surface area contributed by atoms with Crippen LogP contribution in [-0.4, -0.2) is 43.1 Å².